The fourth-order valence-corrected chi connectivity index (χ4v) is 2.48. The van der Waals surface area contributed by atoms with E-state index in [0.717, 1.165) is 6.07 Å². The molecule has 0 spiro atoms. The third-order valence-electron chi connectivity index (χ3n) is 3.75. The van der Waals surface area contributed by atoms with Crippen molar-refractivity contribution >= 4 is 11.6 Å². The molecule has 1 amide bonds. The predicted octanol–water partition coefficient (Wildman–Crippen LogP) is 4.29. The van der Waals surface area contributed by atoms with Crippen molar-refractivity contribution in [1.82, 2.24) is 0 Å². The van der Waals surface area contributed by atoms with Gasteiger partial charge in [-0.25, -0.2) is 0 Å². The van der Waals surface area contributed by atoms with Gasteiger partial charge < -0.3 is 19.5 Å². The van der Waals surface area contributed by atoms with Crippen molar-refractivity contribution in [3.63, 3.8) is 0 Å². The topological polar surface area (TPSA) is 56.8 Å². The van der Waals surface area contributed by atoms with E-state index in [1.165, 1.54) is 52.5 Å². The van der Waals surface area contributed by atoms with Crippen LogP contribution in [0.3, 0.4) is 0 Å². The fourth-order valence-electron chi connectivity index (χ4n) is 2.48. The van der Waals surface area contributed by atoms with Crippen LogP contribution in [0.4, 0.5) is 18.9 Å². The van der Waals surface area contributed by atoms with E-state index in [1.54, 1.807) is 0 Å². The Bertz CT molecular complexity index is 819. The van der Waals surface area contributed by atoms with Gasteiger partial charge in [-0.1, -0.05) is 6.07 Å². The number of carbonyl (C=O) groups excluding carboxylic acids is 1. The summed E-state index contributed by atoms with van der Waals surface area (Å²) < 4.78 is 54.6. The van der Waals surface area contributed by atoms with Gasteiger partial charge in [0.2, 0.25) is 5.75 Å². The second kappa shape index (κ2) is 7.55. The Labute approximate surface area is 148 Å². The van der Waals surface area contributed by atoms with Crippen LogP contribution in [0.2, 0.25) is 0 Å². The molecule has 0 radical (unpaired) electrons. The Hall–Kier alpha value is -2.90. The zero-order valence-corrected chi connectivity index (χ0v) is 14.7. The van der Waals surface area contributed by atoms with Gasteiger partial charge in [-0.15, -0.1) is 0 Å². The van der Waals surface area contributed by atoms with Gasteiger partial charge in [-0.2, -0.15) is 13.2 Å². The molecule has 5 nitrogen and oxygen atoms in total. The maximum Gasteiger partial charge on any atom is 0.416 e. The molecule has 0 aliphatic carbocycles. The highest BCUT2D eigenvalue weighted by molar-refractivity contribution is 6.07. The second-order valence-corrected chi connectivity index (χ2v) is 5.36. The lowest BCUT2D eigenvalue weighted by molar-refractivity contribution is -0.138. The molecule has 140 valence electrons. The minimum Gasteiger partial charge on any atom is -0.493 e. The summed E-state index contributed by atoms with van der Waals surface area (Å²) in [6.07, 6.45) is -4.51. The molecule has 0 saturated heterocycles. The van der Waals surface area contributed by atoms with Crippen LogP contribution >= 0.6 is 0 Å². The number of alkyl halides is 3. The number of anilines is 1. The van der Waals surface area contributed by atoms with Crippen LogP contribution in [-0.4, -0.2) is 27.2 Å². The highest BCUT2D eigenvalue weighted by Gasteiger charge is 2.32. The smallest absolute Gasteiger partial charge is 0.416 e. The Morgan fingerprint density at radius 3 is 2.15 bits per heavy atom. The van der Waals surface area contributed by atoms with Crippen LogP contribution in [0, 0.1) is 6.92 Å². The molecular weight excluding hydrogens is 351 g/mol. The van der Waals surface area contributed by atoms with E-state index in [9.17, 15) is 18.0 Å². The summed E-state index contributed by atoms with van der Waals surface area (Å²) in [5.74, 6) is 0.0467. The van der Waals surface area contributed by atoms with Gasteiger partial charge in [0.05, 0.1) is 32.5 Å². The summed E-state index contributed by atoms with van der Waals surface area (Å²) in [4.78, 5) is 12.5. The summed E-state index contributed by atoms with van der Waals surface area (Å²) in [6.45, 7) is 1.35. The Morgan fingerprint density at radius 1 is 0.962 bits per heavy atom. The summed E-state index contributed by atoms with van der Waals surface area (Å²) >= 11 is 0. The summed E-state index contributed by atoms with van der Waals surface area (Å²) in [5, 5.41) is 2.45. The molecule has 0 aromatic heterocycles. The number of hydrogen-bond acceptors (Lipinski definition) is 4. The first-order valence-electron chi connectivity index (χ1n) is 7.51. The van der Waals surface area contributed by atoms with Crippen molar-refractivity contribution in [2.24, 2.45) is 0 Å². The number of ether oxygens (including phenoxy) is 3. The minimum absolute atomic E-state index is 0.0183. The SMILES string of the molecule is COc1ccc(C(=O)Nc2ccc(C)c(C(F)(F)F)c2)c(OC)c1OC. The van der Waals surface area contributed by atoms with Gasteiger partial charge in [-0.05, 0) is 36.8 Å². The number of nitrogens with one attached hydrogen (secondary N) is 1. The number of rotatable bonds is 5. The first-order chi connectivity index (χ1) is 12.2. The van der Waals surface area contributed by atoms with Crippen molar-refractivity contribution in [2.75, 3.05) is 26.6 Å². The number of carbonyl (C=O) groups is 1. The fraction of sp³-hybridized carbons (Fsp3) is 0.278. The lowest BCUT2D eigenvalue weighted by Crippen LogP contribution is -2.15. The molecule has 0 atom stereocenters. The first-order valence-corrected chi connectivity index (χ1v) is 7.51. The van der Waals surface area contributed by atoms with E-state index < -0.39 is 17.6 Å². The van der Waals surface area contributed by atoms with E-state index >= 15 is 0 Å². The average molecular weight is 369 g/mol. The lowest BCUT2D eigenvalue weighted by atomic mass is 10.1. The molecule has 0 heterocycles. The van der Waals surface area contributed by atoms with E-state index in [0.29, 0.717) is 5.75 Å². The van der Waals surface area contributed by atoms with Crippen LogP contribution < -0.4 is 19.5 Å². The van der Waals surface area contributed by atoms with Crippen LogP contribution in [0.5, 0.6) is 17.2 Å². The molecule has 1 N–H and O–H groups in total. The Balaban J connectivity index is 2.40. The monoisotopic (exact) mass is 369 g/mol. The molecule has 2 aromatic rings. The van der Waals surface area contributed by atoms with Gasteiger partial charge >= 0.3 is 6.18 Å². The third kappa shape index (κ3) is 3.84. The first kappa shape index (κ1) is 19.4. The molecule has 26 heavy (non-hydrogen) atoms. The molecule has 0 bridgehead atoms. The lowest BCUT2D eigenvalue weighted by Gasteiger charge is -2.16. The van der Waals surface area contributed by atoms with Crippen LogP contribution in [0.25, 0.3) is 0 Å². The minimum atomic E-state index is -4.51. The maximum atomic E-state index is 13.0. The molecule has 0 aliphatic rings. The van der Waals surface area contributed by atoms with E-state index in [-0.39, 0.29) is 28.3 Å². The number of methoxy groups -OCH3 is 3. The van der Waals surface area contributed by atoms with E-state index in [4.69, 9.17) is 14.2 Å². The molecule has 8 heteroatoms. The van der Waals surface area contributed by atoms with Gasteiger partial charge in [0.25, 0.3) is 5.91 Å². The van der Waals surface area contributed by atoms with Crippen LogP contribution in [-0.2, 0) is 6.18 Å². The molecule has 0 fully saturated rings. The summed E-state index contributed by atoms with van der Waals surface area (Å²) in [5.41, 5.74) is -0.627. The molecule has 2 rings (SSSR count). The summed E-state index contributed by atoms with van der Waals surface area (Å²) in [7, 11) is 4.17. The average Bonchev–Trinajstić information content (AvgIpc) is 2.60. The largest absolute Gasteiger partial charge is 0.493 e. The third-order valence-corrected chi connectivity index (χ3v) is 3.75. The zero-order valence-electron chi connectivity index (χ0n) is 14.7. The van der Waals surface area contributed by atoms with Crippen molar-refractivity contribution in [3.05, 3.63) is 47.0 Å². The molecule has 0 unspecified atom stereocenters. The van der Waals surface area contributed by atoms with Crippen LogP contribution in [0.15, 0.2) is 30.3 Å². The molecule has 2 aromatic carbocycles. The van der Waals surface area contributed by atoms with Crippen LogP contribution in [0.1, 0.15) is 21.5 Å². The molecule has 0 aliphatic heterocycles. The van der Waals surface area contributed by atoms with Gasteiger partial charge in [0.1, 0.15) is 0 Å². The van der Waals surface area contributed by atoms with Crippen molar-refractivity contribution in [1.29, 1.82) is 0 Å². The number of amides is 1. The Kier molecular flexibility index (Phi) is 5.64. The normalized spacial score (nSPS) is 11.0. The predicted molar refractivity (Wildman–Crippen MR) is 90.2 cm³/mol. The van der Waals surface area contributed by atoms with E-state index in [1.807, 2.05) is 0 Å². The standard InChI is InChI=1S/C18H18F3NO4/c1-10-5-6-11(9-13(10)18(19,20)21)22-17(23)12-7-8-14(24-2)16(26-4)15(12)25-3/h5-9H,1-4H3,(H,22,23). The van der Waals surface area contributed by atoms with Gasteiger partial charge in [0.15, 0.2) is 11.5 Å². The van der Waals surface area contributed by atoms with Crippen molar-refractivity contribution in [2.45, 2.75) is 13.1 Å². The Morgan fingerprint density at radius 2 is 1.62 bits per heavy atom. The van der Waals surface area contributed by atoms with Gasteiger partial charge in [-0.3, -0.25) is 4.79 Å². The number of aryl methyl sites for hydroxylation is 1. The van der Waals surface area contributed by atoms with Gasteiger partial charge in [0, 0.05) is 5.69 Å². The molecular formula is C18H18F3NO4. The molecule has 0 saturated carbocycles. The highest BCUT2D eigenvalue weighted by atomic mass is 19.4. The number of benzene rings is 2. The highest BCUT2D eigenvalue weighted by Crippen LogP contribution is 2.40. The maximum absolute atomic E-state index is 13.0. The quantitative estimate of drug-likeness (QED) is 0.854. The van der Waals surface area contributed by atoms with Crippen molar-refractivity contribution in [3.8, 4) is 17.2 Å². The second-order valence-electron chi connectivity index (χ2n) is 5.36. The van der Waals surface area contributed by atoms with E-state index in [2.05, 4.69) is 5.32 Å². The zero-order chi connectivity index (χ0) is 19.5. The number of halogens is 3. The summed E-state index contributed by atoms with van der Waals surface area (Å²) in [6, 6.07) is 6.53. The van der Waals surface area contributed by atoms with Crippen molar-refractivity contribution < 1.29 is 32.2 Å². The number of hydrogen-bond donors (Lipinski definition) is 1.